The van der Waals surface area contributed by atoms with Crippen molar-refractivity contribution >= 4 is 0 Å². The summed E-state index contributed by atoms with van der Waals surface area (Å²) in [5, 5.41) is 10.5. The van der Waals surface area contributed by atoms with Gasteiger partial charge in [0.1, 0.15) is 5.75 Å². The van der Waals surface area contributed by atoms with Crippen molar-refractivity contribution < 1.29 is 23.0 Å². The lowest BCUT2D eigenvalue weighted by atomic mass is 9.76. The molecule has 112 valence electrons. The van der Waals surface area contributed by atoms with Crippen LogP contribution in [0.3, 0.4) is 0 Å². The maximum absolute atomic E-state index is 12.1. The zero-order valence-electron chi connectivity index (χ0n) is 11.4. The maximum atomic E-state index is 12.1. The van der Waals surface area contributed by atoms with E-state index in [2.05, 4.69) is 11.7 Å². The van der Waals surface area contributed by atoms with Crippen molar-refractivity contribution in [2.24, 2.45) is 5.92 Å². The first-order chi connectivity index (χ1) is 9.26. The lowest BCUT2D eigenvalue weighted by molar-refractivity contribution is -0.274. The Morgan fingerprint density at radius 3 is 2.25 bits per heavy atom. The second-order valence-electron chi connectivity index (χ2n) is 5.78. The number of ether oxygens (including phenoxy) is 1. The van der Waals surface area contributed by atoms with Gasteiger partial charge in [-0.2, -0.15) is 0 Å². The van der Waals surface area contributed by atoms with Crippen LogP contribution < -0.4 is 4.74 Å². The van der Waals surface area contributed by atoms with Gasteiger partial charge in [0.05, 0.1) is 5.60 Å². The van der Waals surface area contributed by atoms with Crippen LogP contribution in [0, 0.1) is 5.92 Å². The van der Waals surface area contributed by atoms with Gasteiger partial charge in [-0.25, -0.2) is 0 Å². The predicted molar refractivity (Wildman–Crippen MR) is 69.4 cm³/mol. The van der Waals surface area contributed by atoms with E-state index in [9.17, 15) is 18.3 Å². The molecular weight excluding hydrogens is 269 g/mol. The van der Waals surface area contributed by atoms with E-state index in [-0.39, 0.29) is 5.75 Å². The zero-order valence-corrected chi connectivity index (χ0v) is 11.4. The van der Waals surface area contributed by atoms with Gasteiger partial charge >= 0.3 is 6.36 Å². The fourth-order valence-electron chi connectivity index (χ4n) is 2.67. The summed E-state index contributed by atoms with van der Waals surface area (Å²) in [6, 6.07) is 5.74. The van der Waals surface area contributed by atoms with Crippen molar-refractivity contribution in [1.29, 1.82) is 0 Å². The molecule has 0 aliphatic heterocycles. The smallest absolute Gasteiger partial charge is 0.406 e. The number of benzene rings is 1. The van der Waals surface area contributed by atoms with Crippen LogP contribution in [0.1, 0.15) is 38.2 Å². The van der Waals surface area contributed by atoms with Crippen molar-refractivity contribution in [2.75, 3.05) is 0 Å². The van der Waals surface area contributed by atoms with E-state index in [1.807, 2.05) is 0 Å². The van der Waals surface area contributed by atoms with Crippen LogP contribution >= 0.6 is 0 Å². The number of hydrogen-bond donors (Lipinski definition) is 1. The molecule has 0 spiro atoms. The standard InChI is InChI=1S/C15H19F3O2/c1-11-6-8-14(19,9-7-11)10-12-2-4-13(5-3-12)20-15(16,17)18/h2-5,11,19H,6-10H2,1H3. The fourth-order valence-corrected chi connectivity index (χ4v) is 2.67. The molecule has 2 rings (SSSR count). The molecule has 1 aliphatic carbocycles. The van der Waals surface area contributed by atoms with Crippen LogP contribution in [0.4, 0.5) is 13.2 Å². The molecule has 0 aromatic heterocycles. The Morgan fingerprint density at radius 2 is 1.75 bits per heavy atom. The molecule has 0 saturated heterocycles. The van der Waals surface area contributed by atoms with Crippen LogP contribution in [-0.4, -0.2) is 17.1 Å². The van der Waals surface area contributed by atoms with Gasteiger partial charge in [0, 0.05) is 6.42 Å². The summed E-state index contributed by atoms with van der Waals surface area (Å²) in [5.74, 6) is 0.406. The molecule has 0 heterocycles. The molecule has 1 aromatic carbocycles. The Morgan fingerprint density at radius 1 is 1.20 bits per heavy atom. The van der Waals surface area contributed by atoms with Crippen molar-refractivity contribution in [3.8, 4) is 5.75 Å². The average Bonchev–Trinajstić information content (AvgIpc) is 2.34. The molecule has 2 nitrogen and oxygen atoms in total. The van der Waals surface area contributed by atoms with E-state index in [1.165, 1.54) is 12.1 Å². The largest absolute Gasteiger partial charge is 0.573 e. The Labute approximate surface area is 116 Å². The van der Waals surface area contributed by atoms with E-state index in [0.717, 1.165) is 31.2 Å². The van der Waals surface area contributed by atoms with Gasteiger partial charge in [-0.15, -0.1) is 13.2 Å². The molecule has 1 saturated carbocycles. The van der Waals surface area contributed by atoms with E-state index < -0.39 is 12.0 Å². The highest BCUT2D eigenvalue weighted by Crippen LogP contribution is 2.34. The Balaban J connectivity index is 1.97. The lowest BCUT2D eigenvalue weighted by Gasteiger charge is -2.35. The third-order valence-corrected chi connectivity index (χ3v) is 3.90. The highest BCUT2D eigenvalue weighted by molar-refractivity contribution is 5.28. The van der Waals surface area contributed by atoms with Crippen molar-refractivity contribution in [2.45, 2.75) is 51.0 Å². The van der Waals surface area contributed by atoms with E-state index in [0.29, 0.717) is 12.3 Å². The molecular formula is C15H19F3O2. The first kappa shape index (κ1) is 15.2. The van der Waals surface area contributed by atoms with Crippen molar-refractivity contribution in [1.82, 2.24) is 0 Å². The molecule has 0 bridgehead atoms. The van der Waals surface area contributed by atoms with Crippen molar-refractivity contribution in [3.05, 3.63) is 29.8 Å². The monoisotopic (exact) mass is 288 g/mol. The Bertz CT molecular complexity index is 431. The van der Waals surface area contributed by atoms with Crippen LogP contribution in [0.15, 0.2) is 24.3 Å². The lowest BCUT2D eigenvalue weighted by Crippen LogP contribution is -2.35. The second-order valence-corrected chi connectivity index (χ2v) is 5.78. The third-order valence-electron chi connectivity index (χ3n) is 3.90. The SMILES string of the molecule is CC1CCC(O)(Cc2ccc(OC(F)(F)F)cc2)CC1. The topological polar surface area (TPSA) is 29.5 Å². The van der Waals surface area contributed by atoms with Crippen LogP contribution in [0.2, 0.25) is 0 Å². The van der Waals surface area contributed by atoms with E-state index in [1.54, 1.807) is 12.1 Å². The molecule has 1 aromatic rings. The minimum Gasteiger partial charge on any atom is -0.406 e. The summed E-state index contributed by atoms with van der Waals surface area (Å²) in [6.07, 6.45) is -0.716. The van der Waals surface area contributed by atoms with Crippen LogP contribution in [-0.2, 0) is 6.42 Å². The normalized spacial score (nSPS) is 27.4. The Hall–Kier alpha value is -1.23. The number of rotatable bonds is 3. The highest BCUT2D eigenvalue weighted by atomic mass is 19.4. The minimum atomic E-state index is -4.67. The Kier molecular flexibility index (Phi) is 4.28. The zero-order chi connectivity index (χ0) is 14.8. The van der Waals surface area contributed by atoms with Gasteiger partial charge in [0.2, 0.25) is 0 Å². The van der Waals surface area contributed by atoms with Crippen molar-refractivity contribution in [3.63, 3.8) is 0 Å². The number of halogens is 3. The molecule has 0 amide bonds. The molecule has 20 heavy (non-hydrogen) atoms. The summed E-state index contributed by atoms with van der Waals surface area (Å²) in [6.45, 7) is 2.17. The first-order valence-electron chi connectivity index (χ1n) is 6.83. The summed E-state index contributed by atoms with van der Waals surface area (Å²) < 4.78 is 40.0. The summed E-state index contributed by atoms with van der Waals surface area (Å²) in [5.41, 5.74) is 0.107. The molecule has 1 fully saturated rings. The number of alkyl halides is 3. The molecule has 0 radical (unpaired) electrons. The van der Waals surface area contributed by atoms with Gasteiger partial charge in [0.15, 0.2) is 0 Å². The summed E-state index contributed by atoms with van der Waals surface area (Å²) in [4.78, 5) is 0. The van der Waals surface area contributed by atoms with Gasteiger partial charge in [0.25, 0.3) is 0 Å². The van der Waals surface area contributed by atoms with Crippen LogP contribution in [0.25, 0.3) is 0 Å². The number of hydrogen-bond acceptors (Lipinski definition) is 2. The molecule has 1 N–H and O–H groups in total. The predicted octanol–water partition coefficient (Wildman–Crippen LogP) is 4.07. The van der Waals surface area contributed by atoms with E-state index >= 15 is 0 Å². The van der Waals surface area contributed by atoms with Gasteiger partial charge in [-0.1, -0.05) is 19.1 Å². The van der Waals surface area contributed by atoms with Gasteiger partial charge in [-0.3, -0.25) is 0 Å². The third kappa shape index (κ3) is 4.40. The first-order valence-corrected chi connectivity index (χ1v) is 6.83. The van der Waals surface area contributed by atoms with E-state index in [4.69, 9.17) is 0 Å². The van der Waals surface area contributed by atoms with Gasteiger partial charge < -0.3 is 9.84 Å². The number of aliphatic hydroxyl groups is 1. The summed E-state index contributed by atoms with van der Waals surface area (Å²) >= 11 is 0. The average molecular weight is 288 g/mol. The molecule has 1 aliphatic rings. The second kappa shape index (κ2) is 5.64. The van der Waals surface area contributed by atoms with Gasteiger partial charge in [-0.05, 0) is 49.3 Å². The maximum Gasteiger partial charge on any atom is 0.573 e. The highest BCUT2D eigenvalue weighted by Gasteiger charge is 2.33. The minimum absolute atomic E-state index is 0.231. The summed E-state index contributed by atoms with van der Waals surface area (Å²) in [7, 11) is 0. The molecule has 5 heteroatoms. The molecule has 0 atom stereocenters. The quantitative estimate of drug-likeness (QED) is 0.908. The molecule has 0 unspecified atom stereocenters. The van der Waals surface area contributed by atoms with Crippen LogP contribution in [0.5, 0.6) is 5.75 Å². The fraction of sp³-hybridized carbons (Fsp3) is 0.600.